The zero-order valence-electron chi connectivity index (χ0n) is 11.7. The molecule has 0 aromatic heterocycles. The Morgan fingerprint density at radius 3 is 2.89 bits per heavy atom. The molecule has 0 N–H and O–H groups in total. The Balaban J connectivity index is 1.76. The minimum atomic E-state index is 0.191. The number of hydrogen-bond donors (Lipinski definition) is 0. The van der Waals surface area contributed by atoms with Gasteiger partial charge in [0.2, 0.25) is 0 Å². The molecule has 0 bridgehead atoms. The van der Waals surface area contributed by atoms with E-state index in [1.165, 1.54) is 11.1 Å². The van der Waals surface area contributed by atoms with Crippen LogP contribution in [0.5, 0.6) is 5.75 Å². The number of alkyl halides is 1. The Bertz CT molecular complexity index is 504. The molecular weight excluding hydrogens is 256 g/mol. The van der Waals surface area contributed by atoms with Gasteiger partial charge < -0.3 is 4.74 Å². The van der Waals surface area contributed by atoms with Crippen LogP contribution in [0.2, 0.25) is 0 Å². The number of halogens is 1. The summed E-state index contributed by atoms with van der Waals surface area (Å²) in [5, 5.41) is 0.191. The van der Waals surface area contributed by atoms with Crippen LogP contribution in [-0.4, -0.2) is 12.0 Å². The predicted molar refractivity (Wildman–Crippen MR) is 80.0 cm³/mol. The van der Waals surface area contributed by atoms with E-state index in [-0.39, 0.29) is 5.38 Å². The average molecular weight is 277 g/mol. The monoisotopic (exact) mass is 276 g/mol. The third-order valence-corrected chi connectivity index (χ3v) is 4.46. The van der Waals surface area contributed by atoms with Crippen LogP contribution in [0.3, 0.4) is 0 Å². The first kappa shape index (κ1) is 13.1. The predicted octanol–water partition coefficient (Wildman–Crippen LogP) is 4.91. The number of hydrogen-bond acceptors (Lipinski definition) is 1. The van der Waals surface area contributed by atoms with E-state index >= 15 is 0 Å². The number of rotatable bonds is 2. The molecule has 0 saturated heterocycles. The van der Waals surface area contributed by atoms with Gasteiger partial charge in [-0.05, 0) is 30.7 Å². The van der Waals surface area contributed by atoms with Crippen molar-refractivity contribution < 1.29 is 4.74 Å². The zero-order chi connectivity index (χ0) is 13.5. The van der Waals surface area contributed by atoms with Crippen molar-refractivity contribution in [3.05, 3.63) is 41.5 Å². The molecule has 102 valence electrons. The first-order valence-corrected chi connectivity index (χ1v) is 7.52. The third kappa shape index (κ3) is 2.81. The lowest BCUT2D eigenvalue weighted by Gasteiger charge is -2.33. The highest BCUT2D eigenvalue weighted by Gasteiger charge is 2.31. The van der Waals surface area contributed by atoms with E-state index in [0.717, 1.165) is 31.6 Å². The number of allylic oxidation sites excluding steroid dienone is 2. The fourth-order valence-corrected chi connectivity index (χ4v) is 4.04. The van der Waals surface area contributed by atoms with Gasteiger partial charge in [-0.25, -0.2) is 0 Å². The van der Waals surface area contributed by atoms with E-state index in [1.54, 1.807) is 0 Å². The van der Waals surface area contributed by atoms with Gasteiger partial charge >= 0.3 is 0 Å². The van der Waals surface area contributed by atoms with Crippen LogP contribution < -0.4 is 4.74 Å². The summed E-state index contributed by atoms with van der Waals surface area (Å²) < 4.78 is 5.77. The Labute approximate surface area is 120 Å². The van der Waals surface area contributed by atoms with Crippen molar-refractivity contribution in [1.82, 2.24) is 0 Å². The molecule has 0 saturated carbocycles. The lowest BCUT2D eigenvalue weighted by atomic mass is 9.75. The van der Waals surface area contributed by atoms with Gasteiger partial charge in [-0.2, -0.15) is 0 Å². The largest absolute Gasteiger partial charge is 0.493 e. The number of benzene rings is 1. The van der Waals surface area contributed by atoms with Gasteiger partial charge in [-0.1, -0.05) is 43.7 Å². The molecule has 0 amide bonds. The highest BCUT2D eigenvalue weighted by molar-refractivity contribution is 6.21. The van der Waals surface area contributed by atoms with Crippen LogP contribution >= 0.6 is 11.6 Å². The smallest absolute Gasteiger partial charge is 0.122 e. The van der Waals surface area contributed by atoms with E-state index in [4.69, 9.17) is 16.3 Å². The molecule has 1 aliphatic heterocycles. The molecule has 2 unspecified atom stereocenters. The summed E-state index contributed by atoms with van der Waals surface area (Å²) in [6.07, 6.45) is 5.60. The van der Waals surface area contributed by atoms with Crippen molar-refractivity contribution in [2.24, 2.45) is 5.41 Å². The maximum absolute atomic E-state index is 6.37. The van der Waals surface area contributed by atoms with Gasteiger partial charge in [0.05, 0.1) is 12.0 Å². The highest BCUT2D eigenvalue weighted by atomic mass is 35.5. The lowest BCUT2D eigenvalue weighted by Crippen LogP contribution is -2.23. The Morgan fingerprint density at radius 2 is 2.11 bits per heavy atom. The van der Waals surface area contributed by atoms with Gasteiger partial charge in [0.15, 0.2) is 0 Å². The van der Waals surface area contributed by atoms with E-state index in [1.807, 2.05) is 6.07 Å². The van der Waals surface area contributed by atoms with Crippen LogP contribution in [0.15, 0.2) is 35.9 Å². The van der Waals surface area contributed by atoms with Crippen molar-refractivity contribution >= 4 is 11.6 Å². The lowest BCUT2D eigenvalue weighted by molar-refractivity contribution is 0.303. The fourth-order valence-electron chi connectivity index (χ4n) is 3.44. The number of ether oxygens (including phenoxy) is 1. The van der Waals surface area contributed by atoms with Gasteiger partial charge in [0, 0.05) is 11.5 Å². The van der Waals surface area contributed by atoms with Crippen molar-refractivity contribution in [3.63, 3.8) is 0 Å². The first-order valence-electron chi connectivity index (χ1n) is 7.09. The minimum Gasteiger partial charge on any atom is -0.493 e. The molecule has 2 aliphatic rings. The Morgan fingerprint density at radius 1 is 1.32 bits per heavy atom. The molecule has 0 radical (unpaired) electrons. The van der Waals surface area contributed by atoms with Crippen LogP contribution in [-0.2, 0) is 0 Å². The molecule has 1 aliphatic carbocycles. The average Bonchev–Trinajstić information content (AvgIpc) is 2.70. The van der Waals surface area contributed by atoms with Crippen molar-refractivity contribution in [2.75, 3.05) is 6.61 Å². The van der Waals surface area contributed by atoms with Crippen molar-refractivity contribution in [3.8, 4) is 5.75 Å². The third-order valence-electron chi connectivity index (χ3n) is 4.18. The molecule has 0 fully saturated rings. The summed E-state index contributed by atoms with van der Waals surface area (Å²) in [7, 11) is 0. The summed E-state index contributed by atoms with van der Waals surface area (Å²) in [4.78, 5) is 0. The number of fused-ring (bicyclic) bond motifs is 1. The second-order valence-electron chi connectivity index (χ2n) is 6.64. The summed E-state index contributed by atoms with van der Waals surface area (Å²) in [6.45, 7) is 5.44. The van der Waals surface area contributed by atoms with Crippen LogP contribution in [0.25, 0.3) is 0 Å². The number of para-hydroxylation sites is 1. The van der Waals surface area contributed by atoms with E-state index in [2.05, 4.69) is 38.1 Å². The summed E-state index contributed by atoms with van der Waals surface area (Å²) in [6, 6.07) is 8.40. The van der Waals surface area contributed by atoms with Crippen LogP contribution in [0, 0.1) is 5.41 Å². The second kappa shape index (κ2) is 4.86. The van der Waals surface area contributed by atoms with E-state index in [0.29, 0.717) is 11.3 Å². The first-order chi connectivity index (χ1) is 9.03. The molecule has 1 heterocycles. The van der Waals surface area contributed by atoms with E-state index in [9.17, 15) is 0 Å². The summed E-state index contributed by atoms with van der Waals surface area (Å²) in [5.41, 5.74) is 3.19. The van der Waals surface area contributed by atoms with E-state index < -0.39 is 0 Å². The molecule has 1 aromatic rings. The van der Waals surface area contributed by atoms with Gasteiger partial charge in [0.1, 0.15) is 5.75 Å². The van der Waals surface area contributed by atoms with Crippen molar-refractivity contribution in [1.29, 1.82) is 0 Å². The van der Waals surface area contributed by atoms with Crippen molar-refractivity contribution in [2.45, 2.75) is 44.4 Å². The molecule has 1 aromatic carbocycles. The summed E-state index contributed by atoms with van der Waals surface area (Å²) in [5.74, 6) is 1.56. The van der Waals surface area contributed by atoms with Gasteiger partial charge in [-0.3, -0.25) is 0 Å². The molecule has 2 heteroatoms. The zero-order valence-corrected chi connectivity index (χ0v) is 12.4. The van der Waals surface area contributed by atoms with Crippen LogP contribution in [0.1, 0.15) is 44.6 Å². The molecule has 19 heavy (non-hydrogen) atoms. The maximum atomic E-state index is 6.37. The quantitative estimate of drug-likeness (QED) is 0.551. The molecule has 0 spiro atoms. The standard InChI is InChI=1S/C17H21ClO/c1-17(2)9-12(8-14(18)10-17)7-13-11-19-16-6-4-3-5-15(13)16/h3-6,8,13-14H,7,9-11H2,1-2H3. The molecular formula is C17H21ClO. The van der Waals surface area contributed by atoms with Gasteiger partial charge in [-0.15, -0.1) is 11.6 Å². The summed E-state index contributed by atoms with van der Waals surface area (Å²) >= 11 is 6.37. The minimum absolute atomic E-state index is 0.191. The normalized spacial score (nSPS) is 28.5. The molecule has 2 atom stereocenters. The molecule has 3 rings (SSSR count). The highest BCUT2D eigenvalue weighted by Crippen LogP contribution is 2.43. The van der Waals surface area contributed by atoms with Gasteiger partial charge in [0.25, 0.3) is 0 Å². The SMILES string of the molecule is CC1(C)CC(CC2COc3ccccc32)=CC(Cl)C1. The maximum Gasteiger partial charge on any atom is 0.122 e. The Hall–Kier alpha value is -0.950. The molecule has 1 nitrogen and oxygen atoms in total. The fraction of sp³-hybridized carbons (Fsp3) is 0.529. The van der Waals surface area contributed by atoms with Crippen LogP contribution in [0.4, 0.5) is 0 Å². The topological polar surface area (TPSA) is 9.23 Å². The Kier molecular flexibility index (Phi) is 3.34. The second-order valence-corrected chi connectivity index (χ2v) is 7.20.